The molecule has 2 nitrogen and oxygen atoms in total. The fraction of sp³-hybridized carbons (Fsp3) is 0. The van der Waals surface area contributed by atoms with Gasteiger partial charge in [-0.25, -0.2) is 9.37 Å². The molecule has 4 heteroatoms. The molecule has 0 aliphatic heterocycles. The number of hydrogen-bond donors (Lipinski definition) is 1. The topological polar surface area (TPSA) is 38.9 Å². The lowest BCUT2D eigenvalue weighted by Gasteiger charge is -2.01. The van der Waals surface area contributed by atoms with Crippen molar-refractivity contribution in [3.8, 4) is 0 Å². The number of aromatic nitrogens is 1. The van der Waals surface area contributed by atoms with Crippen LogP contribution in [0, 0.1) is 5.82 Å². The van der Waals surface area contributed by atoms with Crippen molar-refractivity contribution in [3.05, 3.63) is 34.6 Å². The van der Waals surface area contributed by atoms with Crippen LogP contribution in [0.3, 0.4) is 0 Å². The molecule has 13 heavy (non-hydrogen) atoms. The average molecular weight is 241 g/mol. The largest absolute Gasteiger partial charge is 0.384 e. The average Bonchev–Trinajstić information content (AvgIpc) is 2.12. The Morgan fingerprint density at radius 1 is 1.23 bits per heavy atom. The quantitative estimate of drug-likeness (QED) is 0.770. The van der Waals surface area contributed by atoms with Crippen molar-refractivity contribution in [1.29, 1.82) is 0 Å². The molecule has 0 bridgehead atoms. The predicted octanol–water partition coefficient (Wildman–Crippen LogP) is 2.72. The van der Waals surface area contributed by atoms with Gasteiger partial charge in [-0.3, -0.25) is 0 Å². The van der Waals surface area contributed by atoms with Crippen molar-refractivity contribution >= 4 is 32.7 Å². The van der Waals surface area contributed by atoms with Crippen molar-refractivity contribution in [2.24, 2.45) is 0 Å². The molecular weight excluding hydrogens is 235 g/mol. The van der Waals surface area contributed by atoms with E-state index < -0.39 is 0 Å². The first-order valence-corrected chi connectivity index (χ1v) is 4.48. The van der Waals surface area contributed by atoms with Crippen molar-refractivity contribution in [3.63, 3.8) is 0 Å². The summed E-state index contributed by atoms with van der Waals surface area (Å²) < 4.78 is 13.9. The number of fused-ring (bicyclic) bond motifs is 1. The number of benzene rings is 1. The summed E-state index contributed by atoms with van der Waals surface area (Å²) in [5.74, 6) is 0.101. The van der Waals surface area contributed by atoms with E-state index in [2.05, 4.69) is 20.9 Å². The summed E-state index contributed by atoms with van der Waals surface area (Å²) in [5, 5.41) is 0.476. The minimum absolute atomic E-state index is 0.286. The molecule has 1 heterocycles. The Hall–Kier alpha value is -1.16. The molecule has 66 valence electrons. The molecule has 0 saturated carbocycles. The van der Waals surface area contributed by atoms with Gasteiger partial charge in [0.15, 0.2) is 0 Å². The summed E-state index contributed by atoms with van der Waals surface area (Å²) in [6.45, 7) is 0. The molecule has 0 spiro atoms. The van der Waals surface area contributed by atoms with Gasteiger partial charge in [-0.05, 0) is 40.2 Å². The van der Waals surface area contributed by atoms with Crippen molar-refractivity contribution in [2.75, 3.05) is 5.73 Å². The zero-order chi connectivity index (χ0) is 9.42. The van der Waals surface area contributed by atoms with Crippen LogP contribution in [0.2, 0.25) is 0 Å². The minimum Gasteiger partial charge on any atom is -0.384 e. The van der Waals surface area contributed by atoms with Gasteiger partial charge >= 0.3 is 0 Å². The van der Waals surface area contributed by atoms with Gasteiger partial charge in [0, 0.05) is 9.86 Å². The lowest BCUT2D eigenvalue weighted by Crippen LogP contribution is -1.91. The lowest BCUT2D eigenvalue weighted by molar-refractivity contribution is 0.639. The molecule has 0 radical (unpaired) electrons. The molecule has 2 N–H and O–H groups in total. The Bertz CT molecular complexity index is 470. The number of hydrogen-bond acceptors (Lipinski definition) is 2. The highest BCUT2D eigenvalue weighted by Gasteiger charge is 2.04. The molecular formula is C9H6BrFN2. The maximum Gasteiger partial charge on any atom is 0.132 e. The fourth-order valence-electron chi connectivity index (χ4n) is 1.16. The third-order valence-corrected chi connectivity index (χ3v) is 2.42. The van der Waals surface area contributed by atoms with Gasteiger partial charge in [-0.2, -0.15) is 0 Å². The van der Waals surface area contributed by atoms with Crippen molar-refractivity contribution < 1.29 is 4.39 Å². The second kappa shape index (κ2) is 2.96. The summed E-state index contributed by atoms with van der Waals surface area (Å²) in [4.78, 5) is 4.03. The van der Waals surface area contributed by atoms with E-state index in [-0.39, 0.29) is 5.82 Å². The highest BCUT2D eigenvalue weighted by atomic mass is 79.9. The molecule has 1 aromatic heterocycles. The van der Waals surface area contributed by atoms with Gasteiger partial charge < -0.3 is 5.73 Å². The monoisotopic (exact) mass is 240 g/mol. The molecule has 0 aliphatic carbocycles. The van der Waals surface area contributed by atoms with E-state index in [9.17, 15) is 4.39 Å². The van der Waals surface area contributed by atoms with Crippen LogP contribution in [0.15, 0.2) is 28.7 Å². The van der Waals surface area contributed by atoms with Crippen LogP contribution >= 0.6 is 15.9 Å². The number of nitrogens with zero attached hydrogens (tertiary/aromatic N) is 1. The summed E-state index contributed by atoms with van der Waals surface area (Å²) in [6.07, 6.45) is 0. The third kappa shape index (κ3) is 1.37. The first-order chi connectivity index (χ1) is 6.18. The number of pyridine rings is 1. The van der Waals surface area contributed by atoms with Crippen LogP contribution in [0.25, 0.3) is 10.9 Å². The standard InChI is InChI=1S/C9H6BrFN2/c10-6-2-3-7(11)5-1-4-8(12)13-9(5)6/h1-4H,(H2,12,13). The van der Waals surface area contributed by atoms with E-state index in [4.69, 9.17) is 5.73 Å². The second-order valence-electron chi connectivity index (χ2n) is 2.66. The smallest absolute Gasteiger partial charge is 0.132 e. The molecule has 1 aromatic carbocycles. The fourth-order valence-corrected chi connectivity index (χ4v) is 1.60. The Balaban J connectivity index is 2.92. The van der Waals surface area contributed by atoms with Crippen molar-refractivity contribution in [2.45, 2.75) is 0 Å². The first kappa shape index (κ1) is 8.44. The van der Waals surface area contributed by atoms with E-state index in [1.165, 1.54) is 6.07 Å². The predicted molar refractivity (Wildman–Crippen MR) is 53.8 cm³/mol. The SMILES string of the molecule is Nc1ccc2c(F)ccc(Br)c2n1. The van der Waals surface area contributed by atoms with Gasteiger partial charge in [0.2, 0.25) is 0 Å². The molecule has 2 aromatic rings. The van der Waals surface area contributed by atoms with Crippen molar-refractivity contribution in [1.82, 2.24) is 4.98 Å². The molecule has 2 rings (SSSR count). The van der Waals surface area contributed by atoms with Gasteiger partial charge in [0.25, 0.3) is 0 Å². The summed E-state index contributed by atoms with van der Waals surface area (Å²) in [7, 11) is 0. The Morgan fingerprint density at radius 2 is 2.00 bits per heavy atom. The number of halogens is 2. The number of anilines is 1. The second-order valence-corrected chi connectivity index (χ2v) is 3.52. The highest BCUT2D eigenvalue weighted by molar-refractivity contribution is 9.10. The van der Waals surface area contributed by atoms with Gasteiger partial charge in [0.05, 0.1) is 5.52 Å². The number of nitrogen functional groups attached to an aromatic ring is 1. The molecule has 0 amide bonds. The lowest BCUT2D eigenvalue weighted by atomic mass is 10.2. The summed E-state index contributed by atoms with van der Waals surface area (Å²) in [5.41, 5.74) is 6.04. The molecule has 0 saturated heterocycles. The normalized spacial score (nSPS) is 10.6. The van der Waals surface area contributed by atoms with Crippen LogP contribution < -0.4 is 5.73 Å². The van der Waals surface area contributed by atoms with E-state index in [0.717, 1.165) is 4.47 Å². The number of nitrogens with two attached hydrogens (primary N) is 1. The van der Waals surface area contributed by atoms with Crippen LogP contribution in [0.5, 0.6) is 0 Å². The highest BCUT2D eigenvalue weighted by Crippen LogP contribution is 2.25. The maximum absolute atomic E-state index is 13.2. The van der Waals surface area contributed by atoms with Crippen LogP contribution in [-0.2, 0) is 0 Å². The van der Waals surface area contributed by atoms with Gasteiger partial charge in [0.1, 0.15) is 11.6 Å². The first-order valence-electron chi connectivity index (χ1n) is 3.69. The Labute approximate surface area is 82.7 Å². The summed E-state index contributed by atoms with van der Waals surface area (Å²) in [6, 6.07) is 6.21. The minimum atomic E-state index is -0.286. The molecule has 0 atom stereocenters. The van der Waals surface area contributed by atoms with Crippen LogP contribution in [0.1, 0.15) is 0 Å². The third-order valence-electron chi connectivity index (χ3n) is 1.78. The van der Waals surface area contributed by atoms with Gasteiger partial charge in [-0.1, -0.05) is 0 Å². The van der Waals surface area contributed by atoms with Crippen LogP contribution in [-0.4, -0.2) is 4.98 Å². The van der Waals surface area contributed by atoms with E-state index >= 15 is 0 Å². The zero-order valence-corrected chi connectivity index (χ0v) is 8.18. The van der Waals surface area contributed by atoms with Crippen LogP contribution in [0.4, 0.5) is 10.2 Å². The number of rotatable bonds is 0. The Kier molecular flexibility index (Phi) is 1.92. The maximum atomic E-state index is 13.2. The molecule has 0 aliphatic rings. The molecule has 0 unspecified atom stereocenters. The Morgan fingerprint density at radius 3 is 2.77 bits per heavy atom. The molecule has 0 fully saturated rings. The van der Waals surface area contributed by atoms with Gasteiger partial charge in [-0.15, -0.1) is 0 Å². The zero-order valence-electron chi connectivity index (χ0n) is 6.59. The van der Waals surface area contributed by atoms with E-state index in [1.807, 2.05) is 0 Å². The van der Waals surface area contributed by atoms with E-state index in [1.54, 1.807) is 18.2 Å². The van der Waals surface area contributed by atoms with E-state index in [0.29, 0.717) is 16.7 Å². The summed E-state index contributed by atoms with van der Waals surface area (Å²) >= 11 is 3.28.